The van der Waals surface area contributed by atoms with E-state index in [1.807, 2.05) is 12.1 Å². The Bertz CT molecular complexity index is 1150. The Morgan fingerprint density at radius 3 is 2.50 bits per heavy atom. The molecule has 0 unspecified atom stereocenters. The van der Waals surface area contributed by atoms with Gasteiger partial charge < -0.3 is 14.2 Å². The van der Waals surface area contributed by atoms with Crippen molar-refractivity contribution in [1.82, 2.24) is 19.5 Å². The first-order chi connectivity index (χ1) is 15.3. The quantitative estimate of drug-likeness (QED) is 0.597. The molecule has 1 aromatic carbocycles. The first-order valence-corrected chi connectivity index (χ1v) is 10.4. The van der Waals surface area contributed by atoms with Gasteiger partial charge >= 0.3 is 6.18 Å². The van der Waals surface area contributed by atoms with E-state index in [2.05, 4.69) is 15.0 Å². The molecule has 2 aliphatic heterocycles. The Kier molecular flexibility index (Phi) is 5.11. The van der Waals surface area contributed by atoms with Gasteiger partial charge in [-0.25, -0.2) is 9.50 Å². The average Bonchev–Trinajstić information content (AvgIpc) is 3.36. The lowest BCUT2D eigenvalue weighted by Gasteiger charge is -2.32. The van der Waals surface area contributed by atoms with Crippen LogP contribution < -0.4 is 14.2 Å². The van der Waals surface area contributed by atoms with E-state index in [4.69, 9.17) is 14.2 Å². The largest absolute Gasteiger partial charge is 0.496 e. The number of hydrogen-bond acceptors (Lipinski definition) is 6. The van der Waals surface area contributed by atoms with Gasteiger partial charge in [0.25, 0.3) is 0 Å². The second-order valence-electron chi connectivity index (χ2n) is 8.19. The number of halogens is 3. The molecular formula is C22H23F3N4O3. The van der Waals surface area contributed by atoms with Crippen LogP contribution in [0.4, 0.5) is 13.2 Å². The second-order valence-corrected chi connectivity index (χ2v) is 8.19. The zero-order valence-electron chi connectivity index (χ0n) is 17.8. The Labute approximate surface area is 182 Å². The number of likely N-dealkylation sites (tertiary alicyclic amines) is 1. The molecule has 0 atom stereocenters. The van der Waals surface area contributed by atoms with Gasteiger partial charge in [-0.3, -0.25) is 4.90 Å². The molecule has 4 heterocycles. The van der Waals surface area contributed by atoms with E-state index in [1.54, 1.807) is 20.1 Å². The van der Waals surface area contributed by atoms with Crippen LogP contribution in [0.2, 0.25) is 0 Å². The SMILES string of the molecule is COc1cc2c(cc1CN1CCC(c3cc(C(F)(F)F)n4nc(C)cc4n3)CC1)OCO2. The van der Waals surface area contributed by atoms with Crippen molar-refractivity contribution in [3.63, 3.8) is 0 Å². The van der Waals surface area contributed by atoms with Crippen LogP contribution in [0.25, 0.3) is 5.65 Å². The number of rotatable bonds is 4. The molecule has 0 saturated carbocycles. The molecule has 7 nitrogen and oxygen atoms in total. The summed E-state index contributed by atoms with van der Waals surface area (Å²) in [6.07, 6.45) is -3.05. The van der Waals surface area contributed by atoms with E-state index in [0.29, 0.717) is 29.4 Å². The fourth-order valence-electron chi connectivity index (χ4n) is 4.43. The van der Waals surface area contributed by atoms with Crippen LogP contribution in [-0.2, 0) is 12.7 Å². The normalized spacial score (nSPS) is 17.3. The number of methoxy groups -OCH3 is 1. The van der Waals surface area contributed by atoms with Crippen LogP contribution in [0.1, 0.15) is 41.4 Å². The molecule has 2 aliphatic rings. The summed E-state index contributed by atoms with van der Waals surface area (Å²) in [4.78, 5) is 6.77. The highest BCUT2D eigenvalue weighted by molar-refractivity contribution is 5.52. The lowest BCUT2D eigenvalue weighted by atomic mass is 9.92. The number of aromatic nitrogens is 3. The molecular weight excluding hydrogens is 425 g/mol. The molecule has 0 N–H and O–H groups in total. The molecule has 0 aliphatic carbocycles. The monoisotopic (exact) mass is 448 g/mol. The highest BCUT2D eigenvalue weighted by Crippen LogP contribution is 2.39. The van der Waals surface area contributed by atoms with E-state index in [-0.39, 0.29) is 18.4 Å². The molecule has 10 heteroatoms. The molecule has 0 amide bonds. The van der Waals surface area contributed by atoms with Gasteiger partial charge in [-0.2, -0.15) is 18.3 Å². The topological polar surface area (TPSA) is 61.1 Å². The fraction of sp³-hybridized carbons (Fsp3) is 0.455. The molecule has 0 bridgehead atoms. The van der Waals surface area contributed by atoms with Crippen LogP contribution in [-0.4, -0.2) is 46.5 Å². The number of fused-ring (bicyclic) bond motifs is 2. The van der Waals surface area contributed by atoms with E-state index in [1.165, 1.54) is 0 Å². The Hall–Kier alpha value is -3.01. The van der Waals surface area contributed by atoms with Gasteiger partial charge in [-0.05, 0) is 45.0 Å². The fourth-order valence-corrected chi connectivity index (χ4v) is 4.43. The van der Waals surface area contributed by atoms with Gasteiger partial charge in [0.05, 0.1) is 12.8 Å². The minimum Gasteiger partial charge on any atom is -0.496 e. The van der Waals surface area contributed by atoms with E-state index in [0.717, 1.165) is 47.8 Å². The van der Waals surface area contributed by atoms with Crippen molar-refractivity contribution < 1.29 is 27.4 Å². The first-order valence-electron chi connectivity index (χ1n) is 10.4. The minimum absolute atomic E-state index is 0.0359. The summed E-state index contributed by atoms with van der Waals surface area (Å²) in [7, 11) is 1.62. The third-order valence-electron chi connectivity index (χ3n) is 6.04. The maximum Gasteiger partial charge on any atom is 0.433 e. The predicted octanol–water partition coefficient (Wildman–Crippen LogP) is 4.17. The second kappa shape index (κ2) is 7.84. The highest BCUT2D eigenvalue weighted by Gasteiger charge is 2.36. The summed E-state index contributed by atoms with van der Waals surface area (Å²) in [5, 5.41) is 3.96. The maximum atomic E-state index is 13.6. The van der Waals surface area contributed by atoms with Gasteiger partial charge in [0.1, 0.15) is 11.4 Å². The third-order valence-corrected chi connectivity index (χ3v) is 6.04. The van der Waals surface area contributed by atoms with Crippen molar-refractivity contribution in [3.8, 4) is 17.2 Å². The van der Waals surface area contributed by atoms with Gasteiger partial charge in [-0.1, -0.05) is 0 Å². The smallest absolute Gasteiger partial charge is 0.433 e. The summed E-state index contributed by atoms with van der Waals surface area (Å²) in [6, 6.07) is 6.50. The Balaban J connectivity index is 1.33. The number of piperidine rings is 1. The Morgan fingerprint density at radius 1 is 1.09 bits per heavy atom. The van der Waals surface area contributed by atoms with E-state index < -0.39 is 11.9 Å². The van der Waals surface area contributed by atoms with Gasteiger partial charge in [0.2, 0.25) is 6.79 Å². The summed E-state index contributed by atoms with van der Waals surface area (Å²) < 4.78 is 58.1. The summed E-state index contributed by atoms with van der Waals surface area (Å²) >= 11 is 0. The number of ether oxygens (including phenoxy) is 3. The number of nitrogens with zero attached hydrogens (tertiary/aromatic N) is 4. The van der Waals surface area contributed by atoms with Crippen LogP contribution in [0.15, 0.2) is 24.3 Å². The highest BCUT2D eigenvalue weighted by atomic mass is 19.4. The summed E-state index contributed by atoms with van der Waals surface area (Å²) in [5.74, 6) is 2.06. The molecule has 0 radical (unpaired) electrons. The molecule has 2 aromatic heterocycles. The van der Waals surface area contributed by atoms with Crippen molar-refractivity contribution in [3.05, 3.63) is 46.9 Å². The zero-order chi connectivity index (χ0) is 22.5. The minimum atomic E-state index is -4.50. The molecule has 0 spiro atoms. The van der Waals surface area contributed by atoms with Crippen molar-refractivity contribution in [2.24, 2.45) is 0 Å². The lowest BCUT2D eigenvalue weighted by molar-refractivity contribution is -0.142. The summed E-state index contributed by atoms with van der Waals surface area (Å²) in [5.41, 5.74) is 1.43. The van der Waals surface area contributed by atoms with Crippen molar-refractivity contribution in [2.45, 2.75) is 38.4 Å². The third kappa shape index (κ3) is 3.83. The molecule has 1 fully saturated rings. The van der Waals surface area contributed by atoms with Crippen LogP contribution in [0.5, 0.6) is 17.2 Å². The number of hydrogen-bond donors (Lipinski definition) is 0. The molecule has 170 valence electrons. The maximum absolute atomic E-state index is 13.6. The average molecular weight is 448 g/mol. The summed E-state index contributed by atoms with van der Waals surface area (Å²) in [6.45, 7) is 4.01. The first kappa shape index (κ1) is 20.9. The van der Waals surface area contributed by atoms with Crippen molar-refractivity contribution >= 4 is 5.65 Å². The zero-order valence-corrected chi connectivity index (χ0v) is 17.8. The van der Waals surface area contributed by atoms with Crippen LogP contribution in [0, 0.1) is 6.92 Å². The van der Waals surface area contributed by atoms with Gasteiger partial charge in [0.15, 0.2) is 17.1 Å². The van der Waals surface area contributed by atoms with Crippen molar-refractivity contribution in [1.29, 1.82) is 0 Å². The standard InChI is InChI=1S/C22H23F3N4O3/c1-13-7-21-26-16(9-20(22(23,24)25)29(21)27-13)14-3-5-28(6-4-14)11-15-8-18-19(32-12-31-18)10-17(15)30-2/h7-10,14H,3-6,11-12H2,1-2H3. The molecule has 1 saturated heterocycles. The lowest BCUT2D eigenvalue weighted by Crippen LogP contribution is -2.33. The number of aryl methyl sites for hydroxylation is 1. The van der Waals surface area contributed by atoms with Gasteiger partial charge in [0, 0.05) is 35.9 Å². The van der Waals surface area contributed by atoms with Crippen molar-refractivity contribution in [2.75, 3.05) is 27.0 Å². The molecule has 3 aromatic rings. The van der Waals surface area contributed by atoms with Gasteiger partial charge in [-0.15, -0.1) is 0 Å². The van der Waals surface area contributed by atoms with E-state index >= 15 is 0 Å². The van der Waals surface area contributed by atoms with E-state index in [9.17, 15) is 13.2 Å². The molecule has 5 rings (SSSR count). The molecule has 32 heavy (non-hydrogen) atoms. The number of alkyl halides is 3. The van der Waals surface area contributed by atoms with Crippen LogP contribution >= 0.6 is 0 Å². The predicted molar refractivity (Wildman–Crippen MR) is 109 cm³/mol. The Morgan fingerprint density at radius 2 is 1.81 bits per heavy atom. The van der Waals surface area contributed by atoms with Crippen LogP contribution in [0.3, 0.4) is 0 Å². The number of benzene rings is 1.